The van der Waals surface area contributed by atoms with E-state index in [0.717, 1.165) is 5.56 Å². The smallest absolute Gasteiger partial charge is 0.0532 e. The summed E-state index contributed by atoms with van der Waals surface area (Å²) in [5, 5.41) is 9.72. The van der Waals surface area contributed by atoms with Crippen molar-refractivity contribution in [3.63, 3.8) is 0 Å². The minimum Gasteiger partial charge on any atom is -0.396 e. The van der Waals surface area contributed by atoms with Crippen molar-refractivity contribution < 1.29 is 5.11 Å². The van der Waals surface area contributed by atoms with Crippen molar-refractivity contribution in [2.24, 2.45) is 0 Å². The second kappa shape index (κ2) is 3.96. The van der Waals surface area contributed by atoms with Crippen LogP contribution in [0.2, 0.25) is 10.0 Å². The van der Waals surface area contributed by atoms with Gasteiger partial charge in [-0.15, -0.1) is 0 Å². The van der Waals surface area contributed by atoms with Gasteiger partial charge in [-0.3, -0.25) is 0 Å². The fraction of sp³-hybridized carbons (Fsp3) is 0.250. The maximum atomic E-state index is 8.64. The lowest BCUT2D eigenvalue weighted by Gasteiger charge is -2.02. The average molecular weight is 190 g/mol. The number of halogens is 2. The molecule has 0 aromatic heterocycles. The zero-order chi connectivity index (χ0) is 8.27. The molecule has 0 bridgehead atoms. The van der Waals surface area contributed by atoms with E-state index in [-0.39, 0.29) is 6.61 Å². The lowest BCUT2D eigenvalue weighted by Crippen LogP contribution is -1.92. The van der Waals surface area contributed by atoms with E-state index < -0.39 is 0 Å². The van der Waals surface area contributed by atoms with Gasteiger partial charge in [0.15, 0.2) is 0 Å². The van der Waals surface area contributed by atoms with E-state index in [2.05, 4.69) is 6.07 Å². The van der Waals surface area contributed by atoms with Gasteiger partial charge in [-0.2, -0.15) is 0 Å². The molecule has 0 saturated carbocycles. The van der Waals surface area contributed by atoms with E-state index in [1.807, 2.05) is 0 Å². The summed E-state index contributed by atoms with van der Waals surface area (Å²) in [7, 11) is 0. The van der Waals surface area contributed by atoms with E-state index in [1.54, 1.807) is 12.1 Å². The number of hydrogen-bond donors (Lipinski definition) is 1. The number of hydrogen-bond acceptors (Lipinski definition) is 1. The predicted molar refractivity (Wildman–Crippen MR) is 46.1 cm³/mol. The molecule has 11 heavy (non-hydrogen) atoms. The minimum atomic E-state index is 0.0529. The standard InChI is InChI=1S/C8H7Cl2O/c9-7-2-1-3-8(10)6(7)4-5-11/h1-2,11H,4-5H2. The second-order valence-corrected chi connectivity index (χ2v) is 2.88. The molecule has 0 aliphatic heterocycles. The Morgan fingerprint density at radius 2 is 2.18 bits per heavy atom. The first kappa shape index (κ1) is 8.85. The molecule has 1 aromatic carbocycles. The van der Waals surface area contributed by atoms with Crippen LogP contribution in [0.1, 0.15) is 5.56 Å². The molecule has 0 spiro atoms. The van der Waals surface area contributed by atoms with Crippen LogP contribution in [0, 0.1) is 6.07 Å². The van der Waals surface area contributed by atoms with Crippen LogP contribution in [0.3, 0.4) is 0 Å². The van der Waals surface area contributed by atoms with Crippen molar-refractivity contribution in [2.45, 2.75) is 6.42 Å². The third kappa shape index (κ3) is 2.09. The number of benzene rings is 1. The van der Waals surface area contributed by atoms with E-state index in [4.69, 9.17) is 28.3 Å². The Morgan fingerprint density at radius 1 is 1.45 bits per heavy atom. The second-order valence-electron chi connectivity index (χ2n) is 2.09. The monoisotopic (exact) mass is 189 g/mol. The van der Waals surface area contributed by atoms with Crippen LogP contribution < -0.4 is 0 Å². The zero-order valence-electron chi connectivity index (χ0n) is 5.77. The van der Waals surface area contributed by atoms with Crippen LogP contribution in [-0.4, -0.2) is 11.7 Å². The molecule has 0 atom stereocenters. The molecule has 1 aromatic rings. The van der Waals surface area contributed by atoms with Gasteiger partial charge in [0, 0.05) is 17.7 Å². The summed E-state index contributed by atoms with van der Waals surface area (Å²) in [6.07, 6.45) is 0.481. The quantitative estimate of drug-likeness (QED) is 0.758. The van der Waals surface area contributed by atoms with E-state index in [1.165, 1.54) is 0 Å². The fourth-order valence-corrected chi connectivity index (χ4v) is 1.38. The first-order chi connectivity index (χ1) is 5.25. The van der Waals surface area contributed by atoms with Crippen LogP contribution in [-0.2, 0) is 6.42 Å². The van der Waals surface area contributed by atoms with Gasteiger partial charge >= 0.3 is 0 Å². The van der Waals surface area contributed by atoms with Crippen molar-refractivity contribution in [3.05, 3.63) is 33.8 Å². The molecule has 59 valence electrons. The van der Waals surface area contributed by atoms with Gasteiger partial charge in [-0.1, -0.05) is 29.3 Å². The van der Waals surface area contributed by atoms with Gasteiger partial charge in [0.2, 0.25) is 0 Å². The van der Waals surface area contributed by atoms with Crippen LogP contribution >= 0.6 is 23.2 Å². The molecule has 0 aliphatic carbocycles. The molecule has 0 unspecified atom stereocenters. The van der Waals surface area contributed by atoms with Gasteiger partial charge in [0.05, 0.1) is 5.02 Å². The fourth-order valence-electron chi connectivity index (χ4n) is 0.822. The van der Waals surface area contributed by atoms with Crippen molar-refractivity contribution in [1.82, 2.24) is 0 Å². The molecule has 0 aliphatic rings. The molecule has 1 nitrogen and oxygen atoms in total. The Labute approximate surface area is 75.6 Å². The Kier molecular flexibility index (Phi) is 3.18. The van der Waals surface area contributed by atoms with Crippen LogP contribution in [0.5, 0.6) is 0 Å². The highest BCUT2D eigenvalue weighted by Crippen LogP contribution is 2.23. The van der Waals surface area contributed by atoms with Gasteiger partial charge in [-0.25, -0.2) is 0 Å². The van der Waals surface area contributed by atoms with Crippen LogP contribution in [0.15, 0.2) is 12.1 Å². The SMILES string of the molecule is OCCc1c(Cl)[c]ccc1Cl. The summed E-state index contributed by atoms with van der Waals surface area (Å²) in [4.78, 5) is 0. The summed E-state index contributed by atoms with van der Waals surface area (Å²) in [5.74, 6) is 0. The van der Waals surface area contributed by atoms with Gasteiger partial charge in [0.1, 0.15) is 0 Å². The lowest BCUT2D eigenvalue weighted by molar-refractivity contribution is 0.299. The first-order valence-electron chi connectivity index (χ1n) is 3.21. The van der Waals surface area contributed by atoms with Gasteiger partial charge in [0.25, 0.3) is 0 Å². The van der Waals surface area contributed by atoms with Crippen molar-refractivity contribution in [3.8, 4) is 0 Å². The highest BCUT2D eigenvalue weighted by Gasteiger charge is 2.03. The van der Waals surface area contributed by atoms with E-state index in [0.29, 0.717) is 16.5 Å². The third-order valence-electron chi connectivity index (χ3n) is 1.35. The van der Waals surface area contributed by atoms with Crippen LogP contribution in [0.4, 0.5) is 0 Å². The Balaban J connectivity index is 3.00. The number of aliphatic hydroxyl groups is 1. The van der Waals surface area contributed by atoms with Gasteiger partial charge < -0.3 is 5.11 Å². The molecule has 0 fully saturated rings. The van der Waals surface area contributed by atoms with Crippen LogP contribution in [0.25, 0.3) is 0 Å². The first-order valence-corrected chi connectivity index (χ1v) is 3.96. The van der Waals surface area contributed by atoms with Crippen molar-refractivity contribution in [2.75, 3.05) is 6.61 Å². The molecule has 3 heteroatoms. The lowest BCUT2D eigenvalue weighted by atomic mass is 10.2. The number of aliphatic hydroxyl groups excluding tert-OH is 1. The molecule has 1 N–H and O–H groups in total. The summed E-state index contributed by atoms with van der Waals surface area (Å²) in [6.45, 7) is 0.0529. The summed E-state index contributed by atoms with van der Waals surface area (Å²) in [5.41, 5.74) is 0.762. The summed E-state index contributed by atoms with van der Waals surface area (Å²) in [6, 6.07) is 6.16. The summed E-state index contributed by atoms with van der Waals surface area (Å²) >= 11 is 11.5. The molecule has 0 heterocycles. The molecule has 1 rings (SSSR count). The minimum absolute atomic E-state index is 0.0529. The van der Waals surface area contributed by atoms with Crippen molar-refractivity contribution >= 4 is 23.2 Å². The normalized spacial score (nSPS) is 10.1. The molecule has 0 saturated heterocycles. The third-order valence-corrected chi connectivity index (χ3v) is 2.05. The molecule has 0 amide bonds. The maximum absolute atomic E-state index is 8.64. The van der Waals surface area contributed by atoms with Gasteiger partial charge in [-0.05, 0) is 18.1 Å². The zero-order valence-corrected chi connectivity index (χ0v) is 7.28. The Bertz CT molecular complexity index is 228. The summed E-state index contributed by atoms with van der Waals surface area (Å²) < 4.78 is 0. The van der Waals surface area contributed by atoms with Crippen molar-refractivity contribution in [1.29, 1.82) is 0 Å². The number of rotatable bonds is 2. The molecular formula is C8H7Cl2O. The topological polar surface area (TPSA) is 20.2 Å². The highest BCUT2D eigenvalue weighted by atomic mass is 35.5. The molecular weight excluding hydrogens is 183 g/mol. The highest BCUT2D eigenvalue weighted by molar-refractivity contribution is 6.35. The molecule has 1 radical (unpaired) electrons. The van der Waals surface area contributed by atoms with E-state index in [9.17, 15) is 0 Å². The Hall–Kier alpha value is -0.240. The largest absolute Gasteiger partial charge is 0.396 e. The Morgan fingerprint density at radius 3 is 2.73 bits per heavy atom. The average Bonchev–Trinajstić information content (AvgIpc) is 1.97. The predicted octanol–water partition coefficient (Wildman–Crippen LogP) is 2.33. The van der Waals surface area contributed by atoms with E-state index >= 15 is 0 Å². The maximum Gasteiger partial charge on any atom is 0.0532 e.